The van der Waals surface area contributed by atoms with E-state index in [1.54, 1.807) is 12.1 Å². The highest BCUT2D eigenvalue weighted by Gasteiger charge is 2.24. The molecule has 1 amide bonds. The number of benzene rings is 1. The summed E-state index contributed by atoms with van der Waals surface area (Å²) in [5.41, 5.74) is 1.23. The van der Waals surface area contributed by atoms with Gasteiger partial charge >= 0.3 is 17.8 Å². The van der Waals surface area contributed by atoms with Crippen molar-refractivity contribution in [3.63, 3.8) is 0 Å². The van der Waals surface area contributed by atoms with Gasteiger partial charge in [0, 0.05) is 31.9 Å². The van der Waals surface area contributed by atoms with Crippen LogP contribution in [-0.2, 0) is 10.0 Å². The third-order valence-electron chi connectivity index (χ3n) is 4.68. The first-order chi connectivity index (χ1) is 14.9. The molecule has 0 bridgehead atoms. The summed E-state index contributed by atoms with van der Waals surface area (Å²) in [4.78, 5) is 18.7. The van der Waals surface area contributed by atoms with Crippen molar-refractivity contribution in [3.05, 3.63) is 54.6 Å². The van der Waals surface area contributed by atoms with Crippen LogP contribution in [0.4, 0.5) is 23.2 Å². The van der Waals surface area contributed by atoms with Crippen LogP contribution in [0, 0.1) is 0 Å². The molecule has 1 fully saturated rings. The molecule has 2 N–H and O–H groups in total. The minimum Gasteiger partial charge on any atom is -0.399 e. The Morgan fingerprint density at radius 2 is 1.74 bits per heavy atom. The molecule has 12 heteroatoms. The van der Waals surface area contributed by atoms with Crippen molar-refractivity contribution in [1.82, 2.24) is 19.5 Å². The van der Waals surface area contributed by atoms with Crippen molar-refractivity contribution >= 4 is 39.1 Å². The summed E-state index contributed by atoms with van der Waals surface area (Å²) in [6, 6.07) is 12.8. The molecule has 0 spiro atoms. The van der Waals surface area contributed by atoms with Gasteiger partial charge in [-0.3, -0.25) is 4.79 Å². The summed E-state index contributed by atoms with van der Waals surface area (Å²) in [6.07, 6.45) is 2.73. The van der Waals surface area contributed by atoms with Gasteiger partial charge in [0.15, 0.2) is 0 Å². The van der Waals surface area contributed by atoms with Crippen molar-refractivity contribution < 1.29 is 17.6 Å². The number of carbonyl (C=O) groups is 1. The molecular weight excluding hydrogens is 422 g/mol. The molecule has 0 saturated carbocycles. The van der Waals surface area contributed by atoms with Gasteiger partial charge < -0.3 is 20.0 Å². The first-order valence-electron chi connectivity index (χ1n) is 9.51. The van der Waals surface area contributed by atoms with Gasteiger partial charge in [-0.2, -0.15) is 4.31 Å². The number of anilines is 4. The standard InChI is InChI=1S/C19H21N7O4S/c1-31(28,29)26-11-9-25(10-12-26)16-8-7-15(13-20-16)21-17(27)18-23-24-19(30-18)22-14-5-3-2-4-6-14/h2-8,13H,9-12H2,1H3,(H,21,27)(H,22,24). The Morgan fingerprint density at radius 1 is 1.00 bits per heavy atom. The molecular formula is C19H21N7O4S. The summed E-state index contributed by atoms with van der Waals surface area (Å²) < 4.78 is 30.0. The molecule has 4 rings (SSSR count). The van der Waals surface area contributed by atoms with Gasteiger partial charge in [0.05, 0.1) is 18.1 Å². The van der Waals surface area contributed by atoms with Crippen LogP contribution in [0.5, 0.6) is 0 Å². The zero-order valence-corrected chi connectivity index (χ0v) is 17.5. The maximum Gasteiger partial charge on any atom is 0.320 e. The van der Waals surface area contributed by atoms with Crippen LogP contribution in [0.15, 0.2) is 53.1 Å². The smallest absolute Gasteiger partial charge is 0.320 e. The third-order valence-corrected chi connectivity index (χ3v) is 5.98. The van der Waals surface area contributed by atoms with E-state index in [-0.39, 0.29) is 11.9 Å². The Balaban J connectivity index is 1.33. The molecule has 1 aromatic carbocycles. The minimum atomic E-state index is -3.18. The lowest BCUT2D eigenvalue weighted by Gasteiger charge is -2.33. The van der Waals surface area contributed by atoms with Gasteiger partial charge in [-0.05, 0) is 24.3 Å². The van der Waals surface area contributed by atoms with Crippen LogP contribution in [0.1, 0.15) is 10.7 Å². The van der Waals surface area contributed by atoms with Gasteiger partial charge in [-0.25, -0.2) is 13.4 Å². The van der Waals surface area contributed by atoms with E-state index in [4.69, 9.17) is 4.42 Å². The molecule has 3 heterocycles. The van der Waals surface area contributed by atoms with E-state index in [9.17, 15) is 13.2 Å². The monoisotopic (exact) mass is 443 g/mol. The van der Waals surface area contributed by atoms with Crippen molar-refractivity contribution in [3.8, 4) is 0 Å². The molecule has 0 aliphatic carbocycles. The quantitative estimate of drug-likeness (QED) is 0.582. The summed E-state index contributed by atoms with van der Waals surface area (Å²) in [5.74, 6) is -0.0254. The number of nitrogens with one attached hydrogen (secondary N) is 2. The predicted molar refractivity (Wildman–Crippen MR) is 115 cm³/mol. The number of rotatable bonds is 6. The Kier molecular flexibility index (Phi) is 5.82. The molecule has 0 unspecified atom stereocenters. The van der Waals surface area contributed by atoms with E-state index >= 15 is 0 Å². The Morgan fingerprint density at radius 3 is 2.39 bits per heavy atom. The second-order valence-electron chi connectivity index (χ2n) is 6.91. The zero-order chi connectivity index (χ0) is 21.8. The fraction of sp³-hybridized carbons (Fsp3) is 0.263. The van der Waals surface area contributed by atoms with Crippen LogP contribution in [0.2, 0.25) is 0 Å². The number of nitrogens with zero attached hydrogens (tertiary/aromatic N) is 5. The number of aromatic nitrogens is 3. The van der Waals surface area contributed by atoms with Gasteiger partial charge in [-0.15, -0.1) is 5.10 Å². The number of hydrogen-bond acceptors (Lipinski definition) is 9. The molecule has 162 valence electrons. The first-order valence-corrected chi connectivity index (χ1v) is 11.4. The highest BCUT2D eigenvalue weighted by molar-refractivity contribution is 7.88. The van der Waals surface area contributed by atoms with E-state index in [1.165, 1.54) is 16.8 Å². The lowest BCUT2D eigenvalue weighted by atomic mass is 10.3. The van der Waals surface area contributed by atoms with Crippen LogP contribution < -0.4 is 15.5 Å². The van der Waals surface area contributed by atoms with Crippen LogP contribution in [-0.4, -0.2) is 66.2 Å². The number of piperazine rings is 1. The average molecular weight is 443 g/mol. The fourth-order valence-corrected chi connectivity index (χ4v) is 3.92. The molecule has 1 saturated heterocycles. The summed E-state index contributed by atoms with van der Waals surface area (Å²) in [7, 11) is -3.18. The van der Waals surface area contributed by atoms with E-state index in [2.05, 4.69) is 25.8 Å². The maximum absolute atomic E-state index is 12.4. The molecule has 0 atom stereocenters. The normalized spacial score (nSPS) is 14.9. The molecule has 2 aromatic heterocycles. The van der Waals surface area contributed by atoms with E-state index < -0.39 is 15.9 Å². The second-order valence-corrected chi connectivity index (χ2v) is 8.89. The van der Waals surface area contributed by atoms with Crippen molar-refractivity contribution in [2.24, 2.45) is 0 Å². The average Bonchev–Trinajstić information content (AvgIpc) is 3.23. The van der Waals surface area contributed by atoms with Gasteiger partial charge in [0.25, 0.3) is 0 Å². The molecule has 11 nitrogen and oxygen atoms in total. The maximum atomic E-state index is 12.4. The summed E-state index contributed by atoms with van der Waals surface area (Å²) >= 11 is 0. The minimum absolute atomic E-state index is 0.109. The van der Waals surface area contributed by atoms with Crippen molar-refractivity contribution in [2.75, 3.05) is 48.0 Å². The number of hydrogen-bond donors (Lipinski definition) is 2. The van der Waals surface area contributed by atoms with Gasteiger partial charge in [-0.1, -0.05) is 23.3 Å². The van der Waals surface area contributed by atoms with E-state index in [0.717, 1.165) is 5.69 Å². The number of pyridine rings is 1. The Hall–Kier alpha value is -3.51. The number of sulfonamides is 1. The van der Waals surface area contributed by atoms with Gasteiger partial charge in [0.1, 0.15) is 5.82 Å². The topological polar surface area (TPSA) is 134 Å². The summed E-state index contributed by atoms with van der Waals surface area (Å²) in [5, 5.41) is 13.1. The number of carbonyl (C=O) groups excluding carboxylic acids is 1. The lowest BCUT2D eigenvalue weighted by Crippen LogP contribution is -2.48. The molecule has 0 radical (unpaired) electrons. The molecule has 1 aliphatic heterocycles. The van der Waals surface area contributed by atoms with E-state index in [0.29, 0.717) is 37.7 Å². The Bertz CT molecular complexity index is 1140. The highest BCUT2D eigenvalue weighted by atomic mass is 32.2. The Labute approximate surface area is 179 Å². The van der Waals surface area contributed by atoms with Crippen molar-refractivity contribution in [2.45, 2.75) is 0 Å². The summed E-state index contributed by atoms with van der Waals surface area (Å²) in [6.45, 7) is 1.92. The van der Waals surface area contributed by atoms with Gasteiger partial charge in [0.2, 0.25) is 10.0 Å². The number of amides is 1. The van der Waals surface area contributed by atoms with Crippen LogP contribution in [0.25, 0.3) is 0 Å². The molecule has 1 aliphatic rings. The largest absolute Gasteiger partial charge is 0.399 e. The molecule has 3 aromatic rings. The first kappa shape index (κ1) is 20.8. The fourth-order valence-electron chi connectivity index (χ4n) is 3.09. The second kappa shape index (κ2) is 8.70. The number of para-hydroxylation sites is 1. The van der Waals surface area contributed by atoms with Crippen LogP contribution >= 0.6 is 0 Å². The third kappa shape index (κ3) is 5.16. The van der Waals surface area contributed by atoms with Crippen molar-refractivity contribution in [1.29, 1.82) is 0 Å². The zero-order valence-electron chi connectivity index (χ0n) is 16.7. The predicted octanol–water partition coefficient (Wildman–Crippen LogP) is 1.54. The SMILES string of the molecule is CS(=O)(=O)N1CCN(c2ccc(NC(=O)c3nnc(Nc4ccccc4)o3)cn2)CC1. The van der Waals surface area contributed by atoms with E-state index in [1.807, 2.05) is 35.2 Å². The highest BCUT2D eigenvalue weighted by Crippen LogP contribution is 2.18. The van der Waals surface area contributed by atoms with Crippen LogP contribution in [0.3, 0.4) is 0 Å². The lowest BCUT2D eigenvalue weighted by molar-refractivity contribution is 0.0991. The molecule has 31 heavy (non-hydrogen) atoms.